The molecule has 73 heavy (non-hydrogen) atoms. The van der Waals surface area contributed by atoms with Crippen molar-refractivity contribution in [1.29, 1.82) is 5.26 Å². The molecular weight excluding hydrogens is 935 g/mol. The number of aliphatic hydroxyl groups is 2. The molecule has 2 N–H and O–H groups in total. The van der Waals surface area contributed by atoms with Gasteiger partial charge in [0, 0.05) is 31.1 Å². The van der Waals surface area contributed by atoms with Crippen LogP contribution >= 0.6 is 0 Å². The lowest BCUT2D eigenvalue weighted by Crippen LogP contribution is -2.67. The zero-order valence-electron chi connectivity index (χ0n) is 42.3. The summed E-state index contributed by atoms with van der Waals surface area (Å²) in [6.45, 7) is 21.2. The molecular formula is C58H105NO14. The molecule has 0 aromatic rings. The molecule has 0 amide bonds. The van der Waals surface area contributed by atoms with Crippen LogP contribution in [0.5, 0.6) is 0 Å². The van der Waals surface area contributed by atoms with Gasteiger partial charge in [-0.1, -0.05) is 84.6 Å². The van der Waals surface area contributed by atoms with E-state index in [1.807, 2.05) is 48.5 Å². The molecule has 7 saturated carbocycles. The number of nitrogens with zero attached hydrogens (tertiary/aromatic N) is 1. The Balaban J connectivity index is 0. The molecule has 7 aliphatic carbocycles. The molecule has 1 heterocycles. The first kappa shape index (κ1) is 71.3. The Morgan fingerprint density at radius 2 is 1.16 bits per heavy atom. The van der Waals surface area contributed by atoms with Gasteiger partial charge in [-0.05, 0) is 131 Å². The summed E-state index contributed by atoms with van der Waals surface area (Å²) >= 11 is 0. The minimum atomic E-state index is -1.09. The van der Waals surface area contributed by atoms with Crippen molar-refractivity contribution in [2.75, 3.05) is 13.2 Å². The lowest BCUT2D eigenvalue weighted by molar-refractivity contribution is -0.264. The van der Waals surface area contributed by atoms with Crippen LogP contribution in [0.2, 0.25) is 0 Å². The predicted octanol–water partition coefficient (Wildman–Crippen LogP) is 12.0. The van der Waals surface area contributed by atoms with Crippen molar-refractivity contribution in [3.63, 3.8) is 0 Å². The summed E-state index contributed by atoms with van der Waals surface area (Å²) in [6, 6.07) is 2.10. The molecule has 15 nitrogen and oxygen atoms in total. The third kappa shape index (κ3) is 16.1. The molecule has 426 valence electrons. The molecule has 6 bridgehead atoms. The molecule has 8 rings (SSSR count). The highest BCUT2D eigenvalue weighted by Gasteiger charge is 2.72. The molecule has 8 aliphatic rings. The average Bonchev–Trinajstić information content (AvgIpc) is 3.85. The van der Waals surface area contributed by atoms with Crippen LogP contribution in [-0.2, 0) is 57.2 Å². The normalized spacial score (nSPS) is 30.0. The summed E-state index contributed by atoms with van der Waals surface area (Å²) in [5.74, 6) is -1.80. The van der Waals surface area contributed by atoms with Crippen LogP contribution in [-0.4, -0.2) is 93.9 Å². The second kappa shape index (κ2) is 26.8. The number of fused-ring (bicyclic) bond motifs is 1. The maximum atomic E-state index is 12.4. The van der Waals surface area contributed by atoms with E-state index in [-0.39, 0.29) is 117 Å². The number of rotatable bonds is 16. The van der Waals surface area contributed by atoms with Gasteiger partial charge >= 0.3 is 35.8 Å². The average molecular weight is 1040 g/mol. The monoisotopic (exact) mass is 1040 g/mol. The molecule has 7 unspecified atom stereocenters. The number of carbonyl (C=O) groups is 6. The smallest absolute Gasteiger partial charge is 0.327 e. The molecule has 0 radical (unpaired) electrons. The van der Waals surface area contributed by atoms with E-state index in [4.69, 9.17) is 28.4 Å². The van der Waals surface area contributed by atoms with Crippen molar-refractivity contribution in [3.8, 4) is 6.07 Å². The van der Waals surface area contributed by atoms with Crippen molar-refractivity contribution in [3.05, 3.63) is 0 Å². The lowest BCUT2D eigenvalue weighted by Gasteiger charge is -2.62. The predicted molar refractivity (Wildman–Crippen MR) is 284 cm³/mol. The topological polar surface area (TPSA) is 222 Å². The number of nitriles is 1. The van der Waals surface area contributed by atoms with Gasteiger partial charge in [0.1, 0.15) is 36.6 Å². The summed E-state index contributed by atoms with van der Waals surface area (Å²) in [6.07, 6.45) is 11.7. The first-order chi connectivity index (χ1) is 31.0. The van der Waals surface area contributed by atoms with Crippen molar-refractivity contribution in [1.82, 2.24) is 0 Å². The van der Waals surface area contributed by atoms with E-state index < -0.39 is 63.2 Å². The maximum Gasteiger partial charge on any atom is 0.327 e. The third-order valence-corrected chi connectivity index (χ3v) is 16.7. The van der Waals surface area contributed by atoms with E-state index in [0.717, 1.165) is 32.1 Å². The minimum absolute atomic E-state index is 0. The fraction of sp³-hybridized carbons (Fsp3) is 0.879. The Hall–Kier alpha value is -3.77. The second-order valence-corrected chi connectivity index (χ2v) is 23.6. The number of hydrogen-bond acceptors (Lipinski definition) is 15. The maximum absolute atomic E-state index is 12.4. The van der Waals surface area contributed by atoms with Gasteiger partial charge in [-0.3, -0.25) is 28.8 Å². The van der Waals surface area contributed by atoms with E-state index in [0.29, 0.717) is 44.4 Å². The molecule has 7 atom stereocenters. The molecule has 1 saturated heterocycles. The summed E-state index contributed by atoms with van der Waals surface area (Å²) in [4.78, 5) is 72.3. The first-order valence-corrected chi connectivity index (χ1v) is 25.1. The molecule has 1 aliphatic heterocycles. The van der Waals surface area contributed by atoms with E-state index >= 15 is 0 Å². The van der Waals surface area contributed by atoms with Crippen LogP contribution in [0.4, 0.5) is 0 Å². The Bertz CT molecular complexity index is 1870. The zero-order chi connectivity index (χ0) is 50.0. The quantitative estimate of drug-likeness (QED) is 0.0833. The van der Waals surface area contributed by atoms with Gasteiger partial charge in [0.2, 0.25) is 0 Å². The molecule has 8 fully saturated rings. The first-order valence-electron chi connectivity index (χ1n) is 25.1. The largest absolute Gasteiger partial charge is 0.462 e. The van der Waals surface area contributed by atoms with E-state index in [9.17, 15) is 44.2 Å². The summed E-state index contributed by atoms with van der Waals surface area (Å²) in [7, 11) is 0. The van der Waals surface area contributed by atoms with Gasteiger partial charge in [-0.15, -0.1) is 0 Å². The van der Waals surface area contributed by atoms with Crippen LogP contribution in [0.3, 0.4) is 0 Å². The number of ether oxygens (including phenoxy) is 6. The molecule has 15 heteroatoms. The number of carbonyl (C=O) groups excluding carboxylic acids is 6. The van der Waals surface area contributed by atoms with E-state index in [1.165, 1.54) is 32.1 Å². The van der Waals surface area contributed by atoms with Gasteiger partial charge in [-0.2, -0.15) is 5.26 Å². The van der Waals surface area contributed by atoms with Crippen molar-refractivity contribution in [2.45, 2.75) is 271 Å². The minimum Gasteiger partial charge on any atom is -0.462 e. The van der Waals surface area contributed by atoms with Gasteiger partial charge in [0.15, 0.2) is 5.41 Å². The van der Waals surface area contributed by atoms with Crippen molar-refractivity contribution >= 4 is 35.8 Å². The van der Waals surface area contributed by atoms with Crippen LogP contribution in [0.15, 0.2) is 0 Å². The van der Waals surface area contributed by atoms with Gasteiger partial charge in [-0.25, -0.2) is 0 Å². The van der Waals surface area contributed by atoms with Gasteiger partial charge < -0.3 is 38.6 Å². The summed E-state index contributed by atoms with van der Waals surface area (Å²) in [5.41, 5.74) is -5.17. The van der Waals surface area contributed by atoms with Crippen molar-refractivity contribution in [2.24, 2.45) is 45.3 Å². The number of esters is 6. The lowest BCUT2D eigenvalue weighted by atomic mass is 9.50. The van der Waals surface area contributed by atoms with Crippen LogP contribution in [0, 0.1) is 56.7 Å². The summed E-state index contributed by atoms with van der Waals surface area (Å²) < 4.78 is 32.5. The van der Waals surface area contributed by atoms with Gasteiger partial charge in [0.05, 0.1) is 46.4 Å². The zero-order valence-corrected chi connectivity index (χ0v) is 42.3. The molecule has 0 aromatic heterocycles. The van der Waals surface area contributed by atoms with Crippen LogP contribution in [0.1, 0.15) is 236 Å². The highest BCUT2D eigenvalue weighted by atomic mass is 16.6. The second-order valence-electron chi connectivity index (χ2n) is 23.6. The van der Waals surface area contributed by atoms with Crippen LogP contribution < -0.4 is 0 Å². The molecule has 0 spiro atoms. The van der Waals surface area contributed by atoms with Crippen molar-refractivity contribution < 1.29 is 67.4 Å². The fourth-order valence-corrected chi connectivity index (χ4v) is 11.6. The Kier molecular flexibility index (Phi) is 26.2. The number of hydrogen-bond donors (Lipinski definition) is 2. The van der Waals surface area contributed by atoms with Gasteiger partial charge in [0.25, 0.3) is 0 Å². The Labute approximate surface area is 442 Å². The van der Waals surface area contributed by atoms with E-state index in [1.54, 1.807) is 13.8 Å². The standard InChI is InChI=1S/C21H27NO8.C16H26O4.C15H28O2.6CH4/c1-4-20(2,3)18(25)28-8-7-27-14(23)5-6-15(24)29-16-12-9-13-17(16)30-19(26)21(13,10-12)11-22;1-4-13(2,3)12(17)20-16-7-11-5-14(18,9-16)8-15(19,6-11)10-16;1-6-14(2,3)13(16)17-15(4,5)12-10-8-7-9-11-12;;;;;;/h12-13,16-17H,4-10H2,1-3H3;11,18-19H,4-10H2,1-3H3;12H,6-11H2,1-5H3;6*1H4. The third-order valence-electron chi connectivity index (χ3n) is 16.7. The van der Waals surface area contributed by atoms with E-state index in [2.05, 4.69) is 19.9 Å². The SMILES string of the molecule is C.C.C.C.C.C.CCC(C)(C)C(=O)OC(C)(C)C1CCCCC1.CCC(C)(C)C(=O)OC12CC3CC(O)(CC(O)(C3)C1)C2.CCC(C)(C)C(=O)OCCOC(=O)CCC(=O)OC1C2CC3C1OC(=O)C3(C#N)C2. The summed E-state index contributed by atoms with van der Waals surface area (Å²) in [5, 5.41) is 30.7. The Morgan fingerprint density at radius 1 is 0.671 bits per heavy atom. The van der Waals surface area contributed by atoms with Crippen LogP contribution in [0.25, 0.3) is 0 Å². The fourth-order valence-electron chi connectivity index (χ4n) is 11.6. The highest BCUT2D eigenvalue weighted by Crippen LogP contribution is 2.63. The molecule has 0 aromatic carbocycles. The Morgan fingerprint density at radius 3 is 1.67 bits per heavy atom. The highest BCUT2D eigenvalue weighted by molar-refractivity contribution is 5.85.